The van der Waals surface area contributed by atoms with Crippen LogP contribution in [-0.4, -0.2) is 28.3 Å². The van der Waals surface area contributed by atoms with Crippen LogP contribution in [0.2, 0.25) is 5.15 Å². The molecule has 3 rings (SSSR count). The molecule has 0 bridgehead atoms. The number of nitrogens with zero attached hydrogens (tertiary/aromatic N) is 3. The van der Waals surface area contributed by atoms with Gasteiger partial charge in [0.1, 0.15) is 0 Å². The second-order valence-electron chi connectivity index (χ2n) is 5.07. The van der Waals surface area contributed by atoms with Gasteiger partial charge in [-0.15, -0.1) is 5.10 Å². The molecule has 0 aliphatic heterocycles. The summed E-state index contributed by atoms with van der Waals surface area (Å²) < 4.78 is 4.73. The summed E-state index contributed by atoms with van der Waals surface area (Å²) in [5.41, 5.74) is 3.36. The van der Waals surface area contributed by atoms with Crippen molar-refractivity contribution < 1.29 is 9.53 Å². The van der Waals surface area contributed by atoms with Crippen molar-refractivity contribution in [3.8, 4) is 0 Å². The van der Waals surface area contributed by atoms with Gasteiger partial charge in [-0.2, -0.15) is 5.10 Å². The van der Waals surface area contributed by atoms with Crippen LogP contribution in [0.4, 0.5) is 0 Å². The second-order valence-corrected chi connectivity index (χ2v) is 5.42. The molecule has 2 aromatic rings. The summed E-state index contributed by atoms with van der Waals surface area (Å²) in [7, 11) is 1.39. The summed E-state index contributed by atoms with van der Waals surface area (Å²) in [6.45, 7) is 1.87. The number of esters is 1. The number of carbonyl (C=O) groups is 1. The number of hydrogen-bond donors (Lipinski definition) is 0. The lowest BCUT2D eigenvalue weighted by Crippen LogP contribution is -2.07. The number of pyridine rings is 1. The number of fused-ring (bicyclic) bond motifs is 1. The number of halogens is 1. The van der Waals surface area contributed by atoms with Crippen molar-refractivity contribution in [2.45, 2.75) is 19.8 Å². The first kappa shape index (κ1) is 14.7. The molecule has 1 aliphatic rings. The fourth-order valence-electron chi connectivity index (χ4n) is 2.47. The Morgan fingerprint density at radius 3 is 2.73 bits per heavy atom. The van der Waals surface area contributed by atoms with Crippen LogP contribution in [0.1, 0.15) is 24.2 Å². The minimum Gasteiger partial charge on any atom is -0.466 e. The molecule has 0 radical (unpaired) electrons. The molecular formula is C16H14ClN3O2. The van der Waals surface area contributed by atoms with Crippen LogP contribution in [-0.2, 0) is 9.53 Å². The fraction of sp³-hybridized carbons (Fsp3) is 0.250. The van der Waals surface area contributed by atoms with Gasteiger partial charge in [0, 0.05) is 22.5 Å². The first-order valence-electron chi connectivity index (χ1n) is 6.87. The van der Waals surface area contributed by atoms with Gasteiger partial charge >= 0.3 is 5.97 Å². The Balaban J connectivity index is 2.02. The van der Waals surface area contributed by atoms with Gasteiger partial charge in [-0.1, -0.05) is 23.8 Å². The largest absolute Gasteiger partial charge is 0.466 e. The normalized spacial score (nSPS) is 14.5. The van der Waals surface area contributed by atoms with Gasteiger partial charge < -0.3 is 4.74 Å². The fourth-order valence-corrected chi connectivity index (χ4v) is 2.66. The highest BCUT2D eigenvalue weighted by molar-refractivity contribution is 6.34. The van der Waals surface area contributed by atoms with E-state index >= 15 is 0 Å². The van der Waals surface area contributed by atoms with Crippen LogP contribution in [0.25, 0.3) is 16.3 Å². The molecule has 0 aromatic carbocycles. The number of rotatable bonds is 2. The molecule has 2 aromatic heterocycles. The van der Waals surface area contributed by atoms with Gasteiger partial charge in [-0.25, -0.2) is 4.79 Å². The van der Waals surface area contributed by atoms with Gasteiger partial charge in [0.2, 0.25) is 0 Å². The van der Waals surface area contributed by atoms with Crippen molar-refractivity contribution in [3.63, 3.8) is 0 Å². The summed E-state index contributed by atoms with van der Waals surface area (Å²) in [4.78, 5) is 16.0. The van der Waals surface area contributed by atoms with Crippen LogP contribution >= 0.6 is 11.6 Å². The third-order valence-electron chi connectivity index (χ3n) is 3.73. The zero-order valence-electron chi connectivity index (χ0n) is 12.3. The molecule has 0 saturated carbocycles. The van der Waals surface area contributed by atoms with Crippen LogP contribution in [0.15, 0.2) is 30.0 Å². The van der Waals surface area contributed by atoms with Gasteiger partial charge in [0.05, 0.1) is 18.5 Å². The lowest BCUT2D eigenvalue weighted by Gasteiger charge is -2.13. The Kier molecular flexibility index (Phi) is 3.90. The topological polar surface area (TPSA) is 65.0 Å². The maximum absolute atomic E-state index is 11.5. The molecule has 2 heterocycles. The summed E-state index contributed by atoms with van der Waals surface area (Å²) in [5, 5.41) is 10.0. The SMILES string of the molecule is COC(=O)C1=CC=C(c2cc3c(Cl)nnc(C)c3cn2)CC1. The van der Waals surface area contributed by atoms with Gasteiger partial charge in [-0.3, -0.25) is 4.98 Å². The molecular weight excluding hydrogens is 302 g/mol. The molecule has 112 valence electrons. The predicted octanol–water partition coefficient (Wildman–Crippen LogP) is 3.26. The third kappa shape index (κ3) is 2.60. The zero-order chi connectivity index (χ0) is 15.7. The zero-order valence-corrected chi connectivity index (χ0v) is 13.0. The number of aromatic nitrogens is 3. The highest BCUT2D eigenvalue weighted by Crippen LogP contribution is 2.29. The van der Waals surface area contributed by atoms with E-state index in [-0.39, 0.29) is 5.97 Å². The van der Waals surface area contributed by atoms with E-state index in [1.54, 1.807) is 12.3 Å². The summed E-state index contributed by atoms with van der Waals surface area (Å²) >= 11 is 6.13. The first-order chi connectivity index (χ1) is 10.6. The summed E-state index contributed by atoms with van der Waals surface area (Å²) in [6.07, 6.45) is 6.82. The summed E-state index contributed by atoms with van der Waals surface area (Å²) in [5.74, 6) is -0.282. The molecule has 0 amide bonds. The van der Waals surface area contributed by atoms with Crippen LogP contribution in [0.5, 0.6) is 0 Å². The third-order valence-corrected chi connectivity index (χ3v) is 4.01. The Bertz CT molecular complexity index is 827. The smallest absolute Gasteiger partial charge is 0.333 e. The second kappa shape index (κ2) is 5.85. The lowest BCUT2D eigenvalue weighted by molar-refractivity contribution is -0.136. The number of methoxy groups -OCH3 is 1. The minimum atomic E-state index is -0.282. The average Bonchev–Trinajstić information content (AvgIpc) is 2.57. The van der Waals surface area contributed by atoms with Crippen molar-refractivity contribution in [1.82, 2.24) is 15.2 Å². The Morgan fingerprint density at radius 1 is 1.23 bits per heavy atom. The van der Waals surface area contributed by atoms with E-state index in [9.17, 15) is 4.79 Å². The van der Waals surface area contributed by atoms with Gasteiger partial charge in [-0.05, 0) is 31.4 Å². The van der Waals surface area contributed by atoms with Crippen molar-refractivity contribution in [3.05, 3.63) is 46.5 Å². The quantitative estimate of drug-likeness (QED) is 0.796. The van der Waals surface area contributed by atoms with Crippen molar-refractivity contribution in [2.24, 2.45) is 0 Å². The molecule has 0 unspecified atom stereocenters. The highest BCUT2D eigenvalue weighted by Gasteiger charge is 2.16. The average molecular weight is 316 g/mol. The van der Waals surface area contributed by atoms with Crippen LogP contribution < -0.4 is 0 Å². The molecule has 6 heteroatoms. The van der Waals surface area contributed by atoms with Crippen LogP contribution in [0, 0.1) is 6.92 Å². The van der Waals surface area contributed by atoms with E-state index in [1.165, 1.54) is 7.11 Å². The molecule has 22 heavy (non-hydrogen) atoms. The van der Waals surface area contributed by atoms with Gasteiger partial charge in [0.25, 0.3) is 0 Å². The van der Waals surface area contributed by atoms with Gasteiger partial charge in [0.15, 0.2) is 5.15 Å². The number of ether oxygens (including phenoxy) is 1. The van der Waals surface area contributed by atoms with E-state index in [4.69, 9.17) is 16.3 Å². The molecule has 0 saturated heterocycles. The van der Waals surface area contributed by atoms with Crippen molar-refractivity contribution in [1.29, 1.82) is 0 Å². The predicted molar refractivity (Wildman–Crippen MR) is 84.4 cm³/mol. The van der Waals surface area contributed by atoms with Crippen molar-refractivity contribution in [2.75, 3.05) is 7.11 Å². The number of carbonyl (C=O) groups excluding carboxylic acids is 1. The molecule has 0 fully saturated rings. The van der Waals surface area contributed by atoms with E-state index in [0.29, 0.717) is 17.1 Å². The van der Waals surface area contributed by atoms with E-state index in [1.807, 2.05) is 19.1 Å². The number of hydrogen-bond acceptors (Lipinski definition) is 5. The van der Waals surface area contributed by atoms with Crippen molar-refractivity contribution >= 4 is 33.9 Å². The molecule has 0 atom stereocenters. The number of aryl methyl sites for hydroxylation is 1. The minimum absolute atomic E-state index is 0.282. The summed E-state index contributed by atoms with van der Waals surface area (Å²) in [6, 6.07) is 1.92. The number of allylic oxidation sites excluding steroid dienone is 3. The molecule has 1 aliphatic carbocycles. The Labute approximate surface area is 132 Å². The molecule has 5 nitrogen and oxygen atoms in total. The monoisotopic (exact) mass is 315 g/mol. The maximum Gasteiger partial charge on any atom is 0.333 e. The van der Waals surface area contributed by atoms with E-state index in [2.05, 4.69) is 15.2 Å². The van der Waals surface area contributed by atoms with E-state index < -0.39 is 0 Å². The van der Waals surface area contributed by atoms with Crippen LogP contribution in [0.3, 0.4) is 0 Å². The molecule has 0 N–H and O–H groups in total. The molecule has 0 spiro atoms. The Hall–Kier alpha value is -2.27. The Morgan fingerprint density at radius 2 is 2.05 bits per heavy atom. The highest BCUT2D eigenvalue weighted by atomic mass is 35.5. The lowest BCUT2D eigenvalue weighted by atomic mass is 9.95. The standard InChI is InChI=1S/C16H14ClN3O2/c1-9-13-8-18-14(7-12(13)15(17)20-19-9)10-3-5-11(6-4-10)16(21)22-2/h3,5,7-8H,4,6H2,1-2H3. The van der Waals surface area contributed by atoms with E-state index in [0.717, 1.165) is 34.2 Å². The maximum atomic E-state index is 11.5. The first-order valence-corrected chi connectivity index (χ1v) is 7.25.